The molecule has 0 saturated carbocycles. The highest BCUT2D eigenvalue weighted by molar-refractivity contribution is 7.89. The van der Waals surface area contributed by atoms with Crippen LogP contribution in [-0.4, -0.2) is 63.8 Å². The standard InChI is InChI=1S/C16H28N4O3S2/c1-3-14-5-6-15(24-14)13-19-16(17-4-2)18-7-12-25(21,22)20-8-10-23-11-9-20/h5-6H,3-4,7-13H2,1-2H3,(H2,17,18,19). The molecular formula is C16H28N4O3S2. The van der Waals surface area contributed by atoms with Gasteiger partial charge in [0.25, 0.3) is 0 Å². The molecule has 1 aromatic rings. The molecule has 7 nitrogen and oxygen atoms in total. The second kappa shape index (κ2) is 10.1. The fraction of sp³-hybridized carbons (Fsp3) is 0.688. The molecule has 142 valence electrons. The number of morpholine rings is 1. The molecule has 1 aliphatic rings. The zero-order valence-electron chi connectivity index (χ0n) is 15.0. The van der Waals surface area contributed by atoms with E-state index in [2.05, 4.69) is 34.7 Å². The molecule has 0 spiro atoms. The summed E-state index contributed by atoms with van der Waals surface area (Å²) in [5.41, 5.74) is 0. The largest absolute Gasteiger partial charge is 0.379 e. The number of hydrogen-bond acceptors (Lipinski definition) is 5. The summed E-state index contributed by atoms with van der Waals surface area (Å²) in [6.45, 7) is 7.60. The van der Waals surface area contributed by atoms with Crippen LogP contribution >= 0.6 is 11.3 Å². The minimum Gasteiger partial charge on any atom is -0.379 e. The van der Waals surface area contributed by atoms with E-state index in [-0.39, 0.29) is 5.75 Å². The molecule has 0 aliphatic carbocycles. The predicted octanol–water partition coefficient (Wildman–Crippen LogP) is 1.03. The number of thiophene rings is 1. The van der Waals surface area contributed by atoms with Crippen molar-refractivity contribution < 1.29 is 13.2 Å². The van der Waals surface area contributed by atoms with Crippen molar-refractivity contribution in [1.29, 1.82) is 0 Å². The maximum absolute atomic E-state index is 12.3. The molecule has 1 aliphatic heterocycles. The maximum Gasteiger partial charge on any atom is 0.215 e. The average Bonchev–Trinajstić information content (AvgIpc) is 3.08. The third kappa shape index (κ3) is 6.58. The Bertz CT molecular complexity index is 652. The highest BCUT2D eigenvalue weighted by Gasteiger charge is 2.23. The molecule has 0 radical (unpaired) electrons. The van der Waals surface area contributed by atoms with E-state index in [1.807, 2.05) is 6.92 Å². The molecule has 0 amide bonds. The number of guanidine groups is 1. The van der Waals surface area contributed by atoms with Crippen LogP contribution in [0.15, 0.2) is 17.1 Å². The summed E-state index contributed by atoms with van der Waals surface area (Å²) in [6, 6.07) is 4.23. The zero-order chi connectivity index (χ0) is 18.1. The van der Waals surface area contributed by atoms with Gasteiger partial charge in [-0.1, -0.05) is 6.92 Å². The summed E-state index contributed by atoms with van der Waals surface area (Å²) >= 11 is 1.76. The van der Waals surface area contributed by atoms with Crippen LogP contribution < -0.4 is 10.6 Å². The number of ether oxygens (including phenoxy) is 1. The fourth-order valence-corrected chi connectivity index (χ4v) is 4.65. The van der Waals surface area contributed by atoms with Gasteiger partial charge in [0, 0.05) is 35.9 Å². The third-order valence-corrected chi connectivity index (χ3v) is 6.91. The SMILES string of the molecule is CCNC(=NCc1ccc(CC)s1)NCCS(=O)(=O)N1CCOCC1. The number of nitrogens with one attached hydrogen (secondary N) is 2. The van der Waals surface area contributed by atoms with Crippen molar-refractivity contribution in [2.24, 2.45) is 4.99 Å². The Morgan fingerprint density at radius 2 is 1.96 bits per heavy atom. The van der Waals surface area contributed by atoms with Gasteiger partial charge in [-0.2, -0.15) is 4.31 Å². The van der Waals surface area contributed by atoms with E-state index >= 15 is 0 Å². The van der Waals surface area contributed by atoms with Crippen molar-refractivity contribution in [3.63, 3.8) is 0 Å². The Hall–Kier alpha value is -1.16. The quantitative estimate of drug-likeness (QED) is 0.513. The first-order valence-electron chi connectivity index (χ1n) is 8.70. The van der Waals surface area contributed by atoms with E-state index in [0.29, 0.717) is 45.4 Å². The van der Waals surface area contributed by atoms with Crippen LogP contribution in [0.25, 0.3) is 0 Å². The summed E-state index contributed by atoms with van der Waals surface area (Å²) in [7, 11) is -3.25. The Morgan fingerprint density at radius 1 is 1.24 bits per heavy atom. The topological polar surface area (TPSA) is 83.0 Å². The molecule has 0 atom stereocenters. The molecule has 0 aromatic carbocycles. The molecule has 1 saturated heterocycles. The first-order chi connectivity index (χ1) is 12.0. The van der Waals surface area contributed by atoms with E-state index in [4.69, 9.17) is 4.74 Å². The predicted molar refractivity (Wildman–Crippen MR) is 103 cm³/mol. The minimum absolute atomic E-state index is 0.0520. The van der Waals surface area contributed by atoms with Gasteiger partial charge in [-0.3, -0.25) is 0 Å². The van der Waals surface area contributed by atoms with Crippen molar-refractivity contribution >= 4 is 27.3 Å². The van der Waals surface area contributed by atoms with E-state index in [0.717, 1.165) is 13.0 Å². The normalized spacial score (nSPS) is 16.8. The second-order valence-corrected chi connectivity index (χ2v) is 9.01. The van der Waals surface area contributed by atoms with Gasteiger partial charge in [-0.05, 0) is 25.5 Å². The van der Waals surface area contributed by atoms with Gasteiger partial charge in [0.1, 0.15) is 0 Å². The number of sulfonamides is 1. The monoisotopic (exact) mass is 388 g/mol. The molecule has 0 bridgehead atoms. The minimum atomic E-state index is -3.25. The zero-order valence-corrected chi connectivity index (χ0v) is 16.6. The Labute approximate surface area is 154 Å². The lowest BCUT2D eigenvalue weighted by atomic mass is 10.4. The van der Waals surface area contributed by atoms with Crippen molar-refractivity contribution in [2.75, 3.05) is 45.1 Å². The lowest BCUT2D eigenvalue weighted by Gasteiger charge is -2.26. The summed E-state index contributed by atoms with van der Waals surface area (Å²) in [5, 5.41) is 6.27. The van der Waals surface area contributed by atoms with Gasteiger partial charge >= 0.3 is 0 Å². The van der Waals surface area contributed by atoms with Gasteiger partial charge in [0.05, 0.1) is 25.5 Å². The van der Waals surface area contributed by atoms with Gasteiger partial charge in [0.2, 0.25) is 10.0 Å². The molecule has 2 N–H and O–H groups in total. The molecular weight excluding hydrogens is 360 g/mol. The number of rotatable bonds is 8. The van der Waals surface area contributed by atoms with Crippen LogP contribution in [0, 0.1) is 0 Å². The first-order valence-corrected chi connectivity index (χ1v) is 11.1. The Kier molecular flexibility index (Phi) is 8.14. The maximum atomic E-state index is 12.3. The third-order valence-electron chi connectivity index (χ3n) is 3.82. The molecule has 25 heavy (non-hydrogen) atoms. The molecule has 0 unspecified atom stereocenters. The molecule has 2 heterocycles. The van der Waals surface area contributed by atoms with Gasteiger partial charge in [-0.25, -0.2) is 13.4 Å². The summed E-state index contributed by atoms with van der Waals surface area (Å²) in [5.74, 6) is 0.697. The Balaban J connectivity index is 1.84. The van der Waals surface area contributed by atoms with Gasteiger partial charge in [-0.15, -0.1) is 11.3 Å². The van der Waals surface area contributed by atoms with Gasteiger partial charge in [0.15, 0.2) is 5.96 Å². The van der Waals surface area contributed by atoms with Crippen LogP contribution in [-0.2, 0) is 27.7 Å². The van der Waals surface area contributed by atoms with E-state index in [1.165, 1.54) is 14.1 Å². The molecule has 1 aromatic heterocycles. The van der Waals surface area contributed by atoms with Crippen LogP contribution in [0.2, 0.25) is 0 Å². The number of hydrogen-bond donors (Lipinski definition) is 2. The van der Waals surface area contributed by atoms with Gasteiger partial charge < -0.3 is 15.4 Å². The molecule has 1 fully saturated rings. The highest BCUT2D eigenvalue weighted by atomic mass is 32.2. The number of aryl methyl sites for hydroxylation is 1. The summed E-state index contributed by atoms with van der Waals surface area (Å²) < 4.78 is 31.3. The van der Waals surface area contributed by atoms with Crippen molar-refractivity contribution in [3.05, 3.63) is 21.9 Å². The smallest absolute Gasteiger partial charge is 0.215 e. The summed E-state index contributed by atoms with van der Waals surface area (Å²) in [6.07, 6.45) is 1.03. The van der Waals surface area contributed by atoms with E-state index in [1.54, 1.807) is 11.3 Å². The van der Waals surface area contributed by atoms with Crippen LogP contribution in [0.4, 0.5) is 0 Å². The lowest BCUT2D eigenvalue weighted by Crippen LogP contribution is -2.45. The van der Waals surface area contributed by atoms with Crippen molar-refractivity contribution in [3.8, 4) is 0 Å². The number of aliphatic imine (C=N–C) groups is 1. The average molecular weight is 389 g/mol. The molecule has 9 heteroatoms. The fourth-order valence-electron chi connectivity index (χ4n) is 2.45. The van der Waals surface area contributed by atoms with E-state index < -0.39 is 10.0 Å². The van der Waals surface area contributed by atoms with Crippen molar-refractivity contribution in [1.82, 2.24) is 14.9 Å². The van der Waals surface area contributed by atoms with Crippen molar-refractivity contribution in [2.45, 2.75) is 26.8 Å². The second-order valence-electron chi connectivity index (χ2n) is 5.67. The highest BCUT2D eigenvalue weighted by Crippen LogP contribution is 2.17. The van der Waals surface area contributed by atoms with E-state index in [9.17, 15) is 8.42 Å². The van der Waals surface area contributed by atoms with Crippen LogP contribution in [0.5, 0.6) is 0 Å². The number of nitrogens with zero attached hydrogens (tertiary/aromatic N) is 2. The van der Waals surface area contributed by atoms with Crippen LogP contribution in [0.1, 0.15) is 23.6 Å². The molecule has 2 rings (SSSR count). The summed E-state index contributed by atoms with van der Waals surface area (Å²) in [4.78, 5) is 7.09. The first kappa shape index (κ1) is 20.2. The Morgan fingerprint density at radius 3 is 2.60 bits per heavy atom. The lowest BCUT2D eigenvalue weighted by molar-refractivity contribution is 0.0730. The van der Waals surface area contributed by atoms with Crippen LogP contribution in [0.3, 0.4) is 0 Å².